The zero-order valence-corrected chi connectivity index (χ0v) is 12.9. The molecule has 0 aliphatic carbocycles. The van der Waals surface area contributed by atoms with Crippen LogP contribution in [0.4, 0.5) is 13.2 Å². The molecule has 1 aliphatic rings. The first-order chi connectivity index (χ1) is 10.2. The van der Waals surface area contributed by atoms with Crippen molar-refractivity contribution < 1.29 is 26.3 Å². The molecule has 2 rings (SSSR count). The van der Waals surface area contributed by atoms with Gasteiger partial charge in [-0.25, -0.2) is 8.42 Å². The highest BCUT2D eigenvalue weighted by atomic mass is 32.2. The van der Waals surface area contributed by atoms with Crippen molar-refractivity contribution in [1.82, 2.24) is 5.32 Å². The van der Waals surface area contributed by atoms with E-state index in [9.17, 15) is 21.6 Å². The Kier molecular flexibility index (Phi) is 5.01. The molecule has 0 bridgehead atoms. The molecule has 8 heteroatoms. The number of halogens is 3. The Morgan fingerprint density at radius 1 is 1.32 bits per heavy atom. The van der Waals surface area contributed by atoms with Gasteiger partial charge in [0, 0.05) is 12.7 Å². The summed E-state index contributed by atoms with van der Waals surface area (Å²) in [5.74, 6) is 0.309. The van der Waals surface area contributed by atoms with Crippen molar-refractivity contribution in [2.45, 2.75) is 24.5 Å². The van der Waals surface area contributed by atoms with Gasteiger partial charge in [-0.3, -0.25) is 0 Å². The third-order valence-corrected chi connectivity index (χ3v) is 4.86. The Morgan fingerprint density at radius 3 is 2.41 bits per heavy atom. The van der Waals surface area contributed by atoms with E-state index in [1.54, 1.807) is 0 Å². The molecule has 1 N–H and O–H groups in total. The van der Waals surface area contributed by atoms with Gasteiger partial charge in [0.05, 0.1) is 5.56 Å². The van der Waals surface area contributed by atoms with E-state index < -0.39 is 27.0 Å². The van der Waals surface area contributed by atoms with E-state index in [0.717, 1.165) is 50.0 Å². The smallest absolute Gasteiger partial charge is 0.416 e. The van der Waals surface area contributed by atoms with E-state index >= 15 is 0 Å². The number of rotatable bonds is 5. The highest BCUT2D eigenvalue weighted by molar-refractivity contribution is 7.91. The molecular weight excluding hydrogens is 319 g/mol. The molecule has 1 aromatic carbocycles. The molecule has 1 aromatic rings. The third kappa shape index (κ3) is 4.61. The second kappa shape index (κ2) is 6.45. The van der Waals surface area contributed by atoms with Crippen molar-refractivity contribution in [2.24, 2.45) is 5.92 Å². The molecule has 0 aromatic heterocycles. The van der Waals surface area contributed by atoms with Gasteiger partial charge in [-0.15, -0.1) is 0 Å². The molecule has 1 heterocycles. The third-order valence-electron chi connectivity index (χ3n) is 3.61. The predicted molar refractivity (Wildman–Crippen MR) is 76.3 cm³/mol. The van der Waals surface area contributed by atoms with Crippen LogP contribution in [0, 0.1) is 5.92 Å². The standard InChI is InChI=1S/C14H18F3NO3S/c1-22(19,20)13(8-10-6-7-18-9-10)21-12-4-2-11(3-5-12)14(15,16)17/h2-5,10,13,18H,6-9H2,1H3. The molecule has 1 aliphatic heterocycles. The lowest BCUT2D eigenvalue weighted by Crippen LogP contribution is -2.30. The van der Waals surface area contributed by atoms with Crippen molar-refractivity contribution in [3.63, 3.8) is 0 Å². The number of nitrogens with one attached hydrogen (secondary N) is 1. The number of sulfone groups is 1. The van der Waals surface area contributed by atoms with Crippen LogP contribution < -0.4 is 10.1 Å². The summed E-state index contributed by atoms with van der Waals surface area (Å²) in [6.45, 7) is 1.56. The molecule has 0 amide bonds. The molecule has 4 nitrogen and oxygen atoms in total. The van der Waals surface area contributed by atoms with Crippen molar-refractivity contribution in [3.05, 3.63) is 29.8 Å². The Balaban J connectivity index is 2.09. The largest absolute Gasteiger partial charge is 0.475 e. The van der Waals surface area contributed by atoms with Crippen LogP contribution in [0.2, 0.25) is 0 Å². The molecule has 2 unspecified atom stereocenters. The number of ether oxygens (including phenoxy) is 1. The zero-order valence-electron chi connectivity index (χ0n) is 12.1. The number of hydrogen-bond donors (Lipinski definition) is 1. The fraction of sp³-hybridized carbons (Fsp3) is 0.571. The van der Waals surface area contributed by atoms with Gasteiger partial charge >= 0.3 is 6.18 Å². The molecule has 1 fully saturated rings. The summed E-state index contributed by atoms with van der Waals surface area (Å²) in [6.07, 6.45) is -2.16. The molecule has 0 radical (unpaired) electrons. The van der Waals surface area contributed by atoms with E-state index in [1.165, 1.54) is 0 Å². The Morgan fingerprint density at radius 2 is 1.95 bits per heavy atom. The minimum atomic E-state index is -4.43. The fourth-order valence-electron chi connectivity index (χ4n) is 2.37. The Hall–Kier alpha value is -1.28. The zero-order chi connectivity index (χ0) is 16.4. The lowest BCUT2D eigenvalue weighted by molar-refractivity contribution is -0.137. The number of benzene rings is 1. The minimum absolute atomic E-state index is 0.120. The van der Waals surface area contributed by atoms with E-state index in [0.29, 0.717) is 6.42 Å². The maximum absolute atomic E-state index is 12.5. The molecular formula is C14H18F3NO3S. The van der Waals surface area contributed by atoms with Gasteiger partial charge in [-0.1, -0.05) is 0 Å². The first-order valence-electron chi connectivity index (χ1n) is 6.90. The van der Waals surface area contributed by atoms with Crippen molar-refractivity contribution in [1.29, 1.82) is 0 Å². The van der Waals surface area contributed by atoms with Gasteiger partial charge < -0.3 is 10.1 Å². The van der Waals surface area contributed by atoms with Crippen LogP contribution >= 0.6 is 0 Å². The van der Waals surface area contributed by atoms with Crippen molar-refractivity contribution in [2.75, 3.05) is 19.3 Å². The predicted octanol–water partition coefficient (Wildman–Crippen LogP) is 2.45. The number of hydrogen-bond acceptors (Lipinski definition) is 4. The molecule has 1 saturated heterocycles. The highest BCUT2D eigenvalue weighted by Gasteiger charge is 2.31. The lowest BCUT2D eigenvalue weighted by Gasteiger charge is -2.20. The first kappa shape index (κ1) is 17.1. The molecule has 22 heavy (non-hydrogen) atoms. The van der Waals surface area contributed by atoms with E-state index in [2.05, 4.69) is 5.32 Å². The van der Waals surface area contributed by atoms with Crippen LogP contribution in [-0.4, -0.2) is 33.2 Å². The second-order valence-electron chi connectivity index (χ2n) is 5.49. The van der Waals surface area contributed by atoms with Crippen molar-refractivity contribution in [3.8, 4) is 5.75 Å². The minimum Gasteiger partial charge on any atom is -0.475 e. The van der Waals surface area contributed by atoms with Crippen LogP contribution in [-0.2, 0) is 16.0 Å². The number of alkyl halides is 3. The normalized spacial score (nSPS) is 20.8. The topological polar surface area (TPSA) is 55.4 Å². The van der Waals surface area contributed by atoms with Crippen LogP contribution in [0.5, 0.6) is 5.75 Å². The summed E-state index contributed by atoms with van der Waals surface area (Å²) in [5, 5.41) is 3.14. The van der Waals surface area contributed by atoms with Crippen LogP contribution in [0.15, 0.2) is 24.3 Å². The maximum atomic E-state index is 12.5. The Labute approximate surface area is 127 Å². The van der Waals surface area contributed by atoms with Crippen molar-refractivity contribution >= 4 is 9.84 Å². The summed E-state index contributed by atoms with van der Waals surface area (Å²) < 4.78 is 66.6. The fourth-order valence-corrected chi connectivity index (χ4v) is 3.28. The lowest BCUT2D eigenvalue weighted by atomic mass is 10.1. The van der Waals surface area contributed by atoms with Gasteiger partial charge in [-0.05, 0) is 49.7 Å². The quantitative estimate of drug-likeness (QED) is 0.897. The van der Waals surface area contributed by atoms with Gasteiger partial charge in [0.25, 0.3) is 0 Å². The summed E-state index contributed by atoms with van der Waals surface area (Å²) >= 11 is 0. The highest BCUT2D eigenvalue weighted by Crippen LogP contribution is 2.31. The molecule has 124 valence electrons. The summed E-state index contributed by atoms with van der Waals surface area (Å²) in [6, 6.07) is 4.05. The second-order valence-corrected chi connectivity index (χ2v) is 7.68. The van der Waals surface area contributed by atoms with Gasteiger partial charge in [0.15, 0.2) is 15.3 Å². The Bertz CT molecular complexity index is 593. The van der Waals surface area contributed by atoms with Crippen LogP contribution in [0.1, 0.15) is 18.4 Å². The van der Waals surface area contributed by atoms with Gasteiger partial charge in [0.1, 0.15) is 5.75 Å². The average Bonchev–Trinajstić information content (AvgIpc) is 2.89. The maximum Gasteiger partial charge on any atom is 0.416 e. The molecule has 0 spiro atoms. The summed E-state index contributed by atoms with van der Waals surface area (Å²) in [5.41, 5.74) is -1.84. The first-order valence-corrected chi connectivity index (χ1v) is 8.85. The van der Waals surface area contributed by atoms with E-state index in [1.807, 2.05) is 0 Å². The summed E-state index contributed by atoms with van der Waals surface area (Å²) in [7, 11) is -3.46. The summed E-state index contributed by atoms with van der Waals surface area (Å²) in [4.78, 5) is 0. The average molecular weight is 337 g/mol. The van der Waals surface area contributed by atoms with Gasteiger partial charge in [0.2, 0.25) is 0 Å². The van der Waals surface area contributed by atoms with E-state index in [-0.39, 0.29) is 11.7 Å². The van der Waals surface area contributed by atoms with E-state index in [4.69, 9.17) is 4.74 Å². The van der Waals surface area contributed by atoms with Crippen LogP contribution in [0.25, 0.3) is 0 Å². The van der Waals surface area contributed by atoms with Gasteiger partial charge in [-0.2, -0.15) is 13.2 Å². The van der Waals surface area contributed by atoms with Crippen LogP contribution in [0.3, 0.4) is 0 Å². The SMILES string of the molecule is CS(=O)(=O)C(CC1CCNC1)Oc1ccc(C(F)(F)F)cc1. The molecule has 2 atom stereocenters. The monoisotopic (exact) mass is 337 g/mol. The molecule has 0 saturated carbocycles.